The van der Waals surface area contributed by atoms with Crippen LogP contribution in [-0.4, -0.2) is 33.5 Å². The van der Waals surface area contributed by atoms with Gasteiger partial charge in [0.25, 0.3) is 0 Å². The van der Waals surface area contributed by atoms with Crippen LogP contribution in [0.25, 0.3) is 11.1 Å². The van der Waals surface area contributed by atoms with Gasteiger partial charge in [-0.15, -0.1) is 0 Å². The highest BCUT2D eigenvalue weighted by atomic mass is 35.5. The number of phenols is 1. The zero-order valence-electron chi connectivity index (χ0n) is 17.7. The molecule has 8 nitrogen and oxygen atoms in total. The number of hydrazone groups is 2. The number of hydrogen-bond acceptors (Lipinski definition) is 6. The molecule has 0 saturated carbocycles. The fourth-order valence-electron chi connectivity index (χ4n) is 3.32. The summed E-state index contributed by atoms with van der Waals surface area (Å²) in [5.74, 6) is -1.64. The molecule has 0 fully saturated rings. The van der Waals surface area contributed by atoms with Crippen molar-refractivity contribution >= 4 is 46.3 Å². The minimum Gasteiger partial charge on any atom is -0.505 e. The number of anilines is 2. The molecule has 0 bridgehead atoms. The molecule has 3 N–H and O–H groups in total. The first-order valence-corrected chi connectivity index (χ1v) is 10.3. The maximum atomic E-state index is 12.9. The van der Waals surface area contributed by atoms with E-state index in [0.717, 1.165) is 5.56 Å². The van der Waals surface area contributed by atoms with Gasteiger partial charge in [-0.3, -0.25) is 10.2 Å². The Balaban J connectivity index is 1.61. The van der Waals surface area contributed by atoms with E-state index >= 15 is 0 Å². The summed E-state index contributed by atoms with van der Waals surface area (Å²) in [7, 11) is 0. The lowest BCUT2D eigenvalue weighted by Gasteiger charge is -2.13. The standard InChI is InChI=1S/C24H19ClN4O4/c1-13-9-10-17(12-19(13)25)29-23(31)21(14(2)28-29)27-26-20-8-4-7-18(22(20)30)15-5-3-6-16(11-15)24(32)33/h3-12,26,30H,1-2H3,(H,32,33)/b27-21-. The molecule has 1 aliphatic rings. The summed E-state index contributed by atoms with van der Waals surface area (Å²) in [5, 5.41) is 30.1. The second kappa shape index (κ2) is 8.76. The highest BCUT2D eigenvalue weighted by molar-refractivity contribution is 6.71. The number of nitrogens with zero attached hydrogens (tertiary/aromatic N) is 3. The van der Waals surface area contributed by atoms with Gasteiger partial charge in [0.2, 0.25) is 0 Å². The monoisotopic (exact) mass is 462 g/mol. The van der Waals surface area contributed by atoms with Crippen LogP contribution in [-0.2, 0) is 4.79 Å². The van der Waals surface area contributed by atoms with Crippen LogP contribution in [0.5, 0.6) is 5.75 Å². The Morgan fingerprint density at radius 3 is 2.58 bits per heavy atom. The molecule has 1 aliphatic heterocycles. The van der Waals surface area contributed by atoms with Gasteiger partial charge in [-0.05, 0) is 55.3 Å². The third-order valence-corrected chi connectivity index (χ3v) is 5.54. The molecular weight excluding hydrogens is 444 g/mol. The van der Waals surface area contributed by atoms with Crippen LogP contribution in [0.3, 0.4) is 0 Å². The van der Waals surface area contributed by atoms with Gasteiger partial charge in [0.15, 0.2) is 5.71 Å². The van der Waals surface area contributed by atoms with Crippen LogP contribution >= 0.6 is 11.6 Å². The van der Waals surface area contributed by atoms with E-state index in [1.165, 1.54) is 17.1 Å². The zero-order chi connectivity index (χ0) is 23.7. The Labute approximate surface area is 194 Å². The normalized spacial score (nSPS) is 14.5. The van der Waals surface area contributed by atoms with Gasteiger partial charge >= 0.3 is 11.9 Å². The smallest absolute Gasteiger partial charge is 0.335 e. The number of carbonyl (C=O) groups excluding carboxylic acids is 1. The van der Waals surface area contributed by atoms with Gasteiger partial charge in [-0.2, -0.15) is 15.2 Å². The van der Waals surface area contributed by atoms with Crippen LogP contribution in [0.2, 0.25) is 5.02 Å². The van der Waals surface area contributed by atoms with Gasteiger partial charge in [0.1, 0.15) is 5.75 Å². The Hall–Kier alpha value is -4.17. The zero-order valence-corrected chi connectivity index (χ0v) is 18.5. The van der Waals surface area contributed by atoms with E-state index in [2.05, 4.69) is 15.6 Å². The fraction of sp³-hybridized carbons (Fsp3) is 0.0833. The molecule has 0 aliphatic carbocycles. The molecule has 9 heteroatoms. The molecule has 0 saturated heterocycles. The molecule has 1 amide bonds. The van der Waals surface area contributed by atoms with Crippen LogP contribution in [0.1, 0.15) is 22.8 Å². The molecule has 4 rings (SSSR count). The summed E-state index contributed by atoms with van der Waals surface area (Å²) in [6.45, 7) is 3.52. The number of aromatic hydroxyl groups is 1. The van der Waals surface area contributed by atoms with Gasteiger partial charge in [0, 0.05) is 10.6 Å². The summed E-state index contributed by atoms with van der Waals surface area (Å²) in [4.78, 5) is 24.2. The molecule has 0 unspecified atom stereocenters. The second-order valence-corrected chi connectivity index (χ2v) is 7.80. The number of benzene rings is 3. The summed E-state index contributed by atoms with van der Waals surface area (Å²) in [5.41, 5.74) is 5.90. The first-order chi connectivity index (χ1) is 15.8. The Morgan fingerprint density at radius 2 is 1.85 bits per heavy atom. The lowest BCUT2D eigenvalue weighted by atomic mass is 10.0. The lowest BCUT2D eigenvalue weighted by molar-refractivity contribution is -0.112. The maximum Gasteiger partial charge on any atom is 0.335 e. The quantitative estimate of drug-likeness (QED) is 0.368. The average Bonchev–Trinajstić information content (AvgIpc) is 3.08. The van der Waals surface area contributed by atoms with E-state index in [4.69, 9.17) is 11.6 Å². The van der Waals surface area contributed by atoms with Crippen molar-refractivity contribution in [3.05, 3.63) is 76.8 Å². The van der Waals surface area contributed by atoms with Crippen molar-refractivity contribution in [1.29, 1.82) is 0 Å². The molecule has 0 spiro atoms. The van der Waals surface area contributed by atoms with Gasteiger partial charge in [-0.1, -0.05) is 41.9 Å². The minimum atomic E-state index is -1.06. The van der Waals surface area contributed by atoms with Crippen molar-refractivity contribution in [2.24, 2.45) is 10.2 Å². The van der Waals surface area contributed by atoms with Crippen molar-refractivity contribution in [1.82, 2.24) is 0 Å². The van der Waals surface area contributed by atoms with E-state index in [1.54, 1.807) is 55.5 Å². The van der Waals surface area contributed by atoms with Crippen LogP contribution in [0, 0.1) is 6.92 Å². The Kier molecular flexibility index (Phi) is 5.85. The number of amides is 1. The van der Waals surface area contributed by atoms with E-state index in [-0.39, 0.29) is 22.7 Å². The summed E-state index contributed by atoms with van der Waals surface area (Å²) < 4.78 is 0. The molecule has 3 aromatic rings. The van der Waals surface area contributed by atoms with Crippen molar-refractivity contribution < 1.29 is 19.8 Å². The fourth-order valence-corrected chi connectivity index (χ4v) is 3.49. The van der Waals surface area contributed by atoms with E-state index in [9.17, 15) is 19.8 Å². The molecule has 166 valence electrons. The second-order valence-electron chi connectivity index (χ2n) is 7.40. The summed E-state index contributed by atoms with van der Waals surface area (Å²) in [6.07, 6.45) is 0. The van der Waals surface area contributed by atoms with Crippen molar-refractivity contribution in [3.63, 3.8) is 0 Å². The largest absolute Gasteiger partial charge is 0.505 e. The van der Waals surface area contributed by atoms with Gasteiger partial charge in [-0.25, -0.2) is 4.79 Å². The van der Waals surface area contributed by atoms with Crippen LogP contribution in [0.15, 0.2) is 70.9 Å². The highest BCUT2D eigenvalue weighted by Gasteiger charge is 2.31. The van der Waals surface area contributed by atoms with E-state index in [0.29, 0.717) is 27.5 Å². The Bertz CT molecular complexity index is 1350. The number of carbonyl (C=O) groups is 2. The van der Waals surface area contributed by atoms with Crippen LogP contribution < -0.4 is 10.4 Å². The van der Waals surface area contributed by atoms with E-state index in [1.807, 2.05) is 6.92 Å². The van der Waals surface area contributed by atoms with Gasteiger partial charge in [0.05, 0.1) is 22.6 Å². The number of phenolic OH excluding ortho intramolecular Hbond substituents is 1. The number of aryl methyl sites for hydroxylation is 1. The third-order valence-electron chi connectivity index (χ3n) is 5.13. The van der Waals surface area contributed by atoms with Crippen molar-refractivity contribution in [3.8, 4) is 16.9 Å². The average molecular weight is 463 g/mol. The number of aromatic carboxylic acids is 1. The maximum absolute atomic E-state index is 12.9. The molecule has 0 radical (unpaired) electrons. The van der Waals surface area contributed by atoms with Crippen molar-refractivity contribution in [2.45, 2.75) is 13.8 Å². The predicted molar refractivity (Wildman–Crippen MR) is 128 cm³/mol. The number of nitrogens with one attached hydrogen (secondary N) is 1. The van der Waals surface area contributed by atoms with E-state index < -0.39 is 11.9 Å². The SMILES string of the molecule is CC1=NN(c2ccc(C)c(Cl)c2)C(=O)/C1=N\Nc1cccc(-c2cccc(C(=O)O)c2)c1O. The topological polar surface area (TPSA) is 115 Å². The number of hydrogen-bond donors (Lipinski definition) is 3. The highest BCUT2D eigenvalue weighted by Crippen LogP contribution is 2.36. The van der Waals surface area contributed by atoms with Crippen molar-refractivity contribution in [2.75, 3.05) is 10.4 Å². The lowest BCUT2D eigenvalue weighted by Crippen LogP contribution is -2.28. The number of para-hydroxylation sites is 1. The third kappa shape index (κ3) is 4.28. The number of rotatable bonds is 5. The molecule has 3 aromatic carbocycles. The minimum absolute atomic E-state index is 0.0874. The van der Waals surface area contributed by atoms with Gasteiger partial charge < -0.3 is 10.2 Å². The molecular formula is C24H19ClN4O4. The molecule has 0 aromatic heterocycles. The molecule has 33 heavy (non-hydrogen) atoms. The van der Waals surface area contributed by atoms with Crippen LogP contribution in [0.4, 0.5) is 11.4 Å². The first kappa shape index (κ1) is 22.0. The first-order valence-electron chi connectivity index (χ1n) is 9.92. The number of carboxylic acids is 1. The predicted octanol–water partition coefficient (Wildman–Crippen LogP) is 4.91. The molecule has 1 heterocycles. The Morgan fingerprint density at radius 1 is 1.09 bits per heavy atom. The summed E-state index contributed by atoms with van der Waals surface area (Å²) in [6, 6.07) is 16.4. The molecule has 0 atom stereocenters. The number of halogens is 1. The number of carboxylic acid groups (broad SMARTS) is 1. The summed E-state index contributed by atoms with van der Waals surface area (Å²) >= 11 is 6.17.